The van der Waals surface area contributed by atoms with Crippen molar-refractivity contribution in [3.8, 4) is 0 Å². The van der Waals surface area contributed by atoms with Crippen molar-refractivity contribution >= 4 is 10.1 Å². The smallest absolute Gasteiger partial charge is 0.294 e. The van der Waals surface area contributed by atoms with Gasteiger partial charge in [-0.25, -0.2) is 0 Å². The van der Waals surface area contributed by atoms with Crippen LogP contribution < -0.4 is 0 Å². The van der Waals surface area contributed by atoms with E-state index in [-0.39, 0.29) is 4.90 Å². The van der Waals surface area contributed by atoms with Gasteiger partial charge >= 0.3 is 0 Å². The van der Waals surface area contributed by atoms with E-state index >= 15 is 0 Å². The summed E-state index contributed by atoms with van der Waals surface area (Å²) >= 11 is 0. The highest BCUT2D eigenvalue weighted by Gasteiger charge is 2.29. The van der Waals surface area contributed by atoms with E-state index in [2.05, 4.69) is 61.3 Å². The number of benzene rings is 2. The van der Waals surface area contributed by atoms with E-state index in [0.29, 0.717) is 12.1 Å². The number of rotatable bonds is 5. The van der Waals surface area contributed by atoms with Gasteiger partial charge in [-0.05, 0) is 58.6 Å². The van der Waals surface area contributed by atoms with Crippen molar-refractivity contribution in [2.75, 3.05) is 21.1 Å². The van der Waals surface area contributed by atoms with Gasteiger partial charge in [0.15, 0.2) is 0 Å². The summed E-state index contributed by atoms with van der Waals surface area (Å²) in [5.41, 5.74) is 2.38. The van der Waals surface area contributed by atoms with Crippen LogP contribution in [0.15, 0.2) is 59.5 Å². The van der Waals surface area contributed by atoms with Crippen molar-refractivity contribution in [3.05, 3.63) is 65.7 Å². The van der Waals surface area contributed by atoms with E-state index in [4.69, 9.17) is 4.55 Å². The maximum atomic E-state index is 10.5. The minimum absolute atomic E-state index is 0.0666. The molecule has 0 unspecified atom stereocenters. The van der Waals surface area contributed by atoms with Crippen LogP contribution in [-0.2, 0) is 16.7 Å². The molecular formula is C23H34N2O3S. The number of hydrogen-bond acceptors (Lipinski definition) is 4. The molecule has 0 bridgehead atoms. The van der Waals surface area contributed by atoms with Gasteiger partial charge in [0.25, 0.3) is 10.1 Å². The van der Waals surface area contributed by atoms with Crippen LogP contribution in [0.1, 0.15) is 36.8 Å². The molecule has 0 aliphatic heterocycles. The summed E-state index contributed by atoms with van der Waals surface area (Å²) in [6.07, 6.45) is 5.45. The molecule has 1 fully saturated rings. The second kappa shape index (κ2) is 10.9. The number of aryl methyl sites for hydroxylation is 1. The Hall–Kier alpha value is -1.73. The Morgan fingerprint density at radius 3 is 1.97 bits per heavy atom. The molecular weight excluding hydrogens is 384 g/mol. The molecule has 29 heavy (non-hydrogen) atoms. The molecule has 0 amide bonds. The summed E-state index contributed by atoms with van der Waals surface area (Å²) in [4.78, 5) is 4.88. The van der Waals surface area contributed by atoms with Crippen molar-refractivity contribution < 1.29 is 13.0 Å². The van der Waals surface area contributed by atoms with Gasteiger partial charge in [-0.3, -0.25) is 9.45 Å². The Morgan fingerprint density at radius 2 is 1.45 bits per heavy atom. The molecule has 0 spiro atoms. The fourth-order valence-electron chi connectivity index (χ4n) is 3.91. The second-order valence-electron chi connectivity index (χ2n) is 8.07. The zero-order valence-corrected chi connectivity index (χ0v) is 18.8. The van der Waals surface area contributed by atoms with E-state index in [0.717, 1.165) is 12.1 Å². The average molecular weight is 419 g/mol. The van der Waals surface area contributed by atoms with Crippen LogP contribution in [0.4, 0.5) is 0 Å². The lowest BCUT2D eigenvalue weighted by atomic mass is 9.88. The van der Waals surface area contributed by atoms with Gasteiger partial charge in [0.2, 0.25) is 0 Å². The standard InChI is InChI=1S/C16H26N2.C7H8O3S/c1-17(2)15-11-7-8-12-16(15)18(3)13-14-9-5-4-6-10-14;1-6-2-4-7(5-3-6)11(8,9)10/h4-6,9-10,15-16H,7-8,11-13H2,1-3H3;2-5H,1H3,(H,8,9,10)/t15-,16-;/m1./s1. The lowest BCUT2D eigenvalue weighted by molar-refractivity contribution is 0.0877. The van der Waals surface area contributed by atoms with E-state index in [1.807, 2.05) is 6.92 Å². The van der Waals surface area contributed by atoms with E-state index in [9.17, 15) is 8.42 Å². The molecule has 160 valence electrons. The highest BCUT2D eigenvalue weighted by molar-refractivity contribution is 7.85. The van der Waals surface area contributed by atoms with Crippen LogP contribution in [0.5, 0.6) is 0 Å². The first-order valence-corrected chi connectivity index (χ1v) is 11.6. The van der Waals surface area contributed by atoms with Crippen LogP contribution >= 0.6 is 0 Å². The predicted octanol–water partition coefficient (Wildman–Crippen LogP) is 4.23. The molecule has 5 nitrogen and oxygen atoms in total. The van der Waals surface area contributed by atoms with Gasteiger partial charge in [0.1, 0.15) is 0 Å². The van der Waals surface area contributed by atoms with E-state index < -0.39 is 10.1 Å². The zero-order valence-electron chi connectivity index (χ0n) is 18.0. The first-order valence-electron chi connectivity index (χ1n) is 10.1. The summed E-state index contributed by atoms with van der Waals surface area (Å²) in [5.74, 6) is 0. The van der Waals surface area contributed by atoms with Gasteiger partial charge in [-0.2, -0.15) is 8.42 Å². The molecule has 6 heteroatoms. The average Bonchev–Trinajstić information content (AvgIpc) is 2.69. The maximum absolute atomic E-state index is 10.5. The van der Waals surface area contributed by atoms with Crippen molar-refractivity contribution in [1.29, 1.82) is 0 Å². The third kappa shape index (κ3) is 7.55. The monoisotopic (exact) mass is 418 g/mol. The molecule has 0 heterocycles. The molecule has 2 aromatic carbocycles. The first-order chi connectivity index (χ1) is 13.7. The fourth-order valence-corrected chi connectivity index (χ4v) is 4.39. The molecule has 0 saturated heterocycles. The van der Waals surface area contributed by atoms with Gasteiger partial charge in [-0.15, -0.1) is 0 Å². The Labute approximate surface area is 176 Å². The van der Waals surface area contributed by atoms with E-state index in [1.54, 1.807) is 12.1 Å². The maximum Gasteiger partial charge on any atom is 0.294 e. The minimum Gasteiger partial charge on any atom is -0.305 e. The lowest BCUT2D eigenvalue weighted by Crippen LogP contribution is -2.49. The van der Waals surface area contributed by atoms with Gasteiger partial charge in [0, 0.05) is 18.6 Å². The summed E-state index contributed by atoms with van der Waals surface area (Å²) in [5, 5.41) is 0. The highest BCUT2D eigenvalue weighted by atomic mass is 32.2. The normalized spacial score (nSPS) is 19.7. The summed E-state index contributed by atoms with van der Waals surface area (Å²) in [7, 11) is 2.70. The van der Waals surface area contributed by atoms with Crippen molar-refractivity contribution in [2.24, 2.45) is 0 Å². The quantitative estimate of drug-likeness (QED) is 0.736. The third-order valence-electron chi connectivity index (χ3n) is 5.52. The highest BCUT2D eigenvalue weighted by Crippen LogP contribution is 2.26. The van der Waals surface area contributed by atoms with Crippen molar-refractivity contribution in [1.82, 2.24) is 9.80 Å². The Balaban J connectivity index is 0.000000234. The molecule has 1 aliphatic carbocycles. The minimum atomic E-state index is -4.02. The summed E-state index contributed by atoms with van der Waals surface area (Å²) in [6.45, 7) is 2.91. The fraction of sp³-hybridized carbons (Fsp3) is 0.478. The lowest BCUT2D eigenvalue weighted by Gasteiger charge is -2.41. The summed E-state index contributed by atoms with van der Waals surface area (Å²) < 4.78 is 29.6. The van der Waals surface area contributed by atoms with Crippen LogP contribution in [0.3, 0.4) is 0 Å². The van der Waals surface area contributed by atoms with Crippen LogP contribution in [0, 0.1) is 6.92 Å². The first kappa shape index (κ1) is 23.5. The number of hydrogen-bond donors (Lipinski definition) is 1. The molecule has 3 rings (SSSR count). The molecule has 1 saturated carbocycles. The Bertz CT molecular complexity index is 836. The van der Waals surface area contributed by atoms with Gasteiger partial charge < -0.3 is 4.90 Å². The summed E-state index contributed by atoms with van der Waals surface area (Å²) in [6, 6.07) is 18.2. The molecule has 0 aromatic heterocycles. The number of likely N-dealkylation sites (N-methyl/N-ethyl adjacent to an activating group) is 2. The van der Waals surface area contributed by atoms with E-state index in [1.165, 1.54) is 43.4 Å². The van der Waals surface area contributed by atoms with Gasteiger partial charge in [-0.1, -0.05) is 60.9 Å². The molecule has 1 aliphatic rings. The predicted molar refractivity (Wildman–Crippen MR) is 119 cm³/mol. The Morgan fingerprint density at radius 1 is 0.897 bits per heavy atom. The molecule has 1 N–H and O–H groups in total. The van der Waals surface area contributed by atoms with Crippen molar-refractivity contribution in [3.63, 3.8) is 0 Å². The van der Waals surface area contributed by atoms with Crippen LogP contribution in [-0.4, -0.2) is 56.0 Å². The largest absolute Gasteiger partial charge is 0.305 e. The molecule has 2 atom stereocenters. The third-order valence-corrected chi connectivity index (χ3v) is 6.38. The zero-order chi connectivity index (χ0) is 21.4. The van der Waals surface area contributed by atoms with Crippen LogP contribution in [0.2, 0.25) is 0 Å². The SMILES string of the molecule is CN(C)[C@@H]1CCCC[C@H]1N(C)Cc1ccccc1.Cc1ccc(S(=O)(=O)O)cc1. The van der Waals surface area contributed by atoms with Crippen LogP contribution in [0.25, 0.3) is 0 Å². The topological polar surface area (TPSA) is 60.9 Å². The molecule has 2 aromatic rings. The molecule has 0 radical (unpaired) electrons. The van der Waals surface area contributed by atoms with Crippen molar-refractivity contribution in [2.45, 2.75) is 56.1 Å². The van der Waals surface area contributed by atoms with Gasteiger partial charge in [0.05, 0.1) is 4.90 Å². The number of nitrogens with zero attached hydrogens (tertiary/aromatic N) is 2. The Kier molecular flexibility index (Phi) is 8.83. The second-order valence-corrected chi connectivity index (χ2v) is 9.49.